The molecule has 0 aromatic carbocycles. The lowest BCUT2D eigenvalue weighted by molar-refractivity contribution is -0.128. The van der Waals surface area contributed by atoms with Gasteiger partial charge in [0.25, 0.3) is 0 Å². The minimum Gasteiger partial charge on any atom is -0.464 e. The van der Waals surface area contributed by atoms with Crippen molar-refractivity contribution < 1.29 is 9.21 Å². The van der Waals surface area contributed by atoms with Crippen LogP contribution in [-0.2, 0) is 4.79 Å². The van der Waals surface area contributed by atoms with E-state index in [9.17, 15) is 4.79 Å². The highest BCUT2D eigenvalue weighted by atomic mass is 16.3. The summed E-state index contributed by atoms with van der Waals surface area (Å²) in [6.07, 6.45) is 8.92. The maximum absolute atomic E-state index is 12.1. The lowest BCUT2D eigenvalue weighted by Gasteiger charge is -2.35. The molecule has 1 saturated carbocycles. The molecule has 5 heteroatoms. The molecule has 0 radical (unpaired) electrons. The number of aromatic nitrogens is 1. The molecule has 2 fully saturated rings. The zero-order valence-electron chi connectivity index (χ0n) is 12.6. The molecule has 2 aliphatic rings. The van der Waals surface area contributed by atoms with Crippen molar-refractivity contribution >= 4 is 22.7 Å². The fourth-order valence-corrected chi connectivity index (χ4v) is 3.41. The molecule has 1 unspecified atom stereocenters. The molecule has 2 aromatic rings. The van der Waals surface area contributed by atoms with Crippen molar-refractivity contribution in [2.75, 3.05) is 18.0 Å². The third kappa shape index (κ3) is 2.45. The molecule has 22 heavy (non-hydrogen) atoms. The second-order valence-corrected chi connectivity index (χ2v) is 6.39. The summed E-state index contributed by atoms with van der Waals surface area (Å²) in [6.45, 7) is 1.81. The second-order valence-electron chi connectivity index (χ2n) is 6.39. The van der Waals surface area contributed by atoms with Gasteiger partial charge in [0.15, 0.2) is 0 Å². The van der Waals surface area contributed by atoms with E-state index in [4.69, 9.17) is 4.42 Å². The molecule has 4 rings (SSSR count). The van der Waals surface area contributed by atoms with Crippen molar-refractivity contribution in [3.8, 4) is 0 Å². The predicted molar refractivity (Wildman–Crippen MR) is 84.7 cm³/mol. The van der Waals surface area contributed by atoms with Crippen LogP contribution in [0.5, 0.6) is 0 Å². The molecule has 116 valence electrons. The van der Waals surface area contributed by atoms with Crippen LogP contribution in [0.15, 0.2) is 29.0 Å². The standard InChI is InChI=1S/C17H21N3O2/c21-17(12-3-1-4-12)19-13-5-2-9-20(11-13)16-14-7-10-22-15(14)6-8-18-16/h6-8,10,12-13H,1-5,9,11H2,(H,19,21). The monoisotopic (exact) mass is 299 g/mol. The Balaban J connectivity index is 1.48. The number of amides is 1. The van der Waals surface area contributed by atoms with Gasteiger partial charge in [-0.25, -0.2) is 4.98 Å². The van der Waals surface area contributed by atoms with E-state index in [1.165, 1.54) is 6.42 Å². The summed E-state index contributed by atoms with van der Waals surface area (Å²) in [4.78, 5) is 19.0. The van der Waals surface area contributed by atoms with Crippen LogP contribution in [0.3, 0.4) is 0 Å². The number of fused-ring (bicyclic) bond motifs is 1. The van der Waals surface area contributed by atoms with E-state index in [1.807, 2.05) is 12.1 Å². The van der Waals surface area contributed by atoms with Crippen LogP contribution in [0.4, 0.5) is 5.82 Å². The first-order chi connectivity index (χ1) is 10.8. The fraction of sp³-hybridized carbons (Fsp3) is 0.529. The van der Waals surface area contributed by atoms with Crippen molar-refractivity contribution in [3.63, 3.8) is 0 Å². The van der Waals surface area contributed by atoms with Gasteiger partial charge in [-0.2, -0.15) is 0 Å². The number of carbonyl (C=O) groups excluding carboxylic acids is 1. The summed E-state index contributed by atoms with van der Waals surface area (Å²) in [5.74, 6) is 1.47. The van der Waals surface area contributed by atoms with Crippen molar-refractivity contribution in [3.05, 3.63) is 24.6 Å². The quantitative estimate of drug-likeness (QED) is 0.946. The van der Waals surface area contributed by atoms with Gasteiger partial charge in [-0.15, -0.1) is 0 Å². The van der Waals surface area contributed by atoms with Crippen LogP contribution in [0.1, 0.15) is 32.1 Å². The number of pyridine rings is 1. The SMILES string of the molecule is O=C(NC1CCCN(c2nccc3occc23)C1)C1CCC1. The van der Waals surface area contributed by atoms with E-state index in [1.54, 1.807) is 12.5 Å². The topological polar surface area (TPSA) is 58.4 Å². The minimum atomic E-state index is 0.228. The number of piperidine rings is 1. The van der Waals surface area contributed by atoms with E-state index < -0.39 is 0 Å². The molecule has 5 nitrogen and oxygen atoms in total. The molecule has 1 atom stereocenters. The van der Waals surface area contributed by atoms with E-state index in [0.717, 1.165) is 55.6 Å². The average Bonchev–Trinajstić information content (AvgIpc) is 2.93. The Hall–Kier alpha value is -2.04. The third-order valence-electron chi connectivity index (χ3n) is 4.90. The first-order valence-corrected chi connectivity index (χ1v) is 8.19. The summed E-state index contributed by atoms with van der Waals surface area (Å²) in [6, 6.07) is 4.08. The normalized spacial score (nSPS) is 22.5. The van der Waals surface area contributed by atoms with Gasteiger partial charge >= 0.3 is 0 Å². The maximum Gasteiger partial charge on any atom is 0.223 e. The van der Waals surface area contributed by atoms with Gasteiger partial charge in [0.2, 0.25) is 5.91 Å². The van der Waals surface area contributed by atoms with Gasteiger partial charge in [0.05, 0.1) is 11.6 Å². The van der Waals surface area contributed by atoms with Gasteiger partial charge in [-0.1, -0.05) is 6.42 Å². The first kappa shape index (κ1) is 13.6. The molecule has 0 spiro atoms. The van der Waals surface area contributed by atoms with Crippen molar-refractivity contribution in [2.45, 2.75) is 38.1 Å². The molecule has 2 aromatic heterocycles. The highest BCUT2D eigenvalue weighted by Crippen LogP contribution is 2.29. The lowest BCUT2D eigenvalue weighted by atomic mass is 9.84. The zero-order chi connectivity index (χ0) is 14.9. The van der Waals surface area contributed by atoms with E-state index in [-0.39, 0.29) is 17.9 Å². The van der Waals surface area contributed by atoms with Crippen molar-refractivity contribution in [1.82, 2.24) is 10.3 Å². The Kier molecular flexibility index (Phi) is 3.48. The summed E-state index contributed by atoms with van der Waals surface area (Å²) in [5, 5.41) is 4.28. The number of rotatable bonds is 3. The van der Waals surface area contributed by atoms with Crippen LogP contribution in [-0.4, -0.2) is 30.0 Å². The highest BCUT2D eigenvalue weighted by molar-refractivity contribution is 5.88. The van der Waals surface area contributed by atoms with Crippen LogP contribution >= 0.6 is 0 Å². The van der Waals surface area contributed by atoms with Crippen LogP contribution in [0, 0.1) is 5.92 Å². The molecular weight excluding hydrogens is 278 g/mol. The van der Waals surface area contributed by atoms with E-state index >= 15 is 0 Å². The first-order valence-electron chi connectivity index (χ1n) is 8.19. The number of carbonyl (C=O) groups is 1. The third-order valence-corrected chi connectivity index (χ3v) is 4.90. The van der Waals surface area contributed by atoms with Gasteiger partial charge < -0.3 is 14.6 Å². The summed E-state index contributed by atoms with van der Waals surface area (Å²) < 4.78 is 5.46. The number of nitrogens with one attached hydrogen (secondary N) is 1. The van der Waals surface area contributed by atoms with Gasteiger partial charge in [0, 0.05) is 31.2 Å². The second kappa shape index (κ2) is 5.63. The smallest absolute Gasteiger partial charge is 0.223 e. The predicted octanol–water partition coefficient (Wildman–Crippen LogP) is 2.71. The van der Waals surface area contributed by atoms with Gasteiger partial charge in [0.1, 0.15) is 11.4 Å². The van der Waals surface area contributed by atoms with Crippen LogP contribution < -0.4 is 10.2 Å². The van der Waals surface area contributed by atoms with E-state index in [2.05, 4.69) is 15.2 Å². The number of furan rings is 1. The molecular formula is C17H21N3O2. The maximum atomic E-state index is 12.1. The lowest BCUT2D eigenvalue weighted by Crippen LogP contribution is -2.50. The van der Waals surface area contributed by atoms with Crippen LogP contribution in [0.2, 0.25) is 0 Å². The summed E-state index contributed by atoms with van der Waals surface area (Å²) in [7, 11) is 0. The largest absolute Gasteiger partial charge is 0.464 e. The zero-order valence-corrected chi connectivity index (χ0v) is 12.6. The average molecular weight is 299 g/mol. The summed E-state index contributed by atoms with van der Waals surface area (Å²) >= 11 is 0. The Bertz CT molecular complexity index is 677. The Labute approximate surface area is 129 Å². The van der Waals surface area contributed by atoms with Crippen molar-refractivity contribution in [1.29, 1.82) is 0 Å². The highest BCUT2D eigenvalue weighted by Gasteiger charge is 2.29. The molecule has 0 bridgehead atoms. The molecule has 1 N–H and O–H groups in total. The minimum absolute atomic E-state index is 0.228. The Morgan fingerprint density at radius 3 is 3.00 bits per heavy atom. The van der Waals surface area contributed by atoms with Crippen molar-refractivity contribution in [2.24, 2.45) is 5.92 Å². The number of hydrogen-bond donors (Lipinski definition) is 1. The molecule has 3 heterocycles. The Morgan fingerprint density at radius 1 is 1.27 bits per heavy atom. The van der Waals surface area contributed by atoms with Crippen LogP contribution in [0.25, 0.3) is 11.0 Å². The fourth-order valence-electron chi connectivity index (χ4n) is 3.41. The number of anilines is 1. The Morgan fingerprint density at radius 2 is 2.18 bits per heavy atom. The molecule has 1 saturated heterocycles. The summed E-state index contributed by atoms with van der Waals surface area (Å²) in [5.41, 5.74) is 0.866. The molecule has 1 aliphatic heterocycles. The molecule has 1 amide bonds. The van der Waals surface area contributed by atoms with Gasteiger partial charge in [-0.05, 0) is 37.8 Å². The van der Waals surface area contributed by atoms with E-state index in [0.29, 0.717) is 0 Å². The number of nitrogens with zero attached hydrogens (tertiary/aromatic N) is 2. The van der Waals surface area contributed by atoms with Gasteiger partial charge in [-0.3, -0.25) is 4.79 Å². The molecule has 1 aliphatic carbocycles. The number of hydrogen-bond acceptors (Lipinski definition) is 4.